The number of rotatable bonds is 2. The van der Waals surface area contributed by atoms with Gasteiger partial charge in [0.1, 0.15) is 11.3 Å². The zero-order valence-corrected chi connectivity index (χ0v) is 11.9. The van der Waals surface area contributed by atoms with Crippen LogP contribution in [-0.2, 0) is 6.54 Å². The smallest absolute Gasteiger partial charge is 0.336 e. The molecule has 2 aromatic rings. The van der Waals surface area contributed by atoms with E-state index in [1.807, 2.05) is 13.0 Å². The molecule has 1 aromatic carbocycles. The molecule has 3 rings (SSSR count). The molecular weight excluding hydrogens is 254 g/mol. The average Bonchev–Trinajstić information content (AvgIpc) is 2.90. The summed E-state index contributed by atoms with van der Waals surface area (Å²) < 4.78 is 5.25. The Morgan fingerprint density at radius 2 is 1.95 bits per heavy atom. The third-order valence-electron chi connectivity index (χ3n) is 4.12. The van der Waals surface area contributed by atoms with Gasteiger partial charge in [0.25, 0.3) is 0 Å². The highest BCUT2D eigenvalue weighted by molar-refractivity contribution is 5.85. The molecule has 0 radical (unpaired) electrons. The molecular formula is C16H19NO3. The van der Waals surface area contributed by atoms with E-state index in [9.17, 15) is 9.90 Å². The molecule has 0 bridgehead atoms. The van der Waals surface area contributed by atoms with Crippen LogP contribution in [0.3, 0.4) is 0 Å². The van der Waals surface area contributed by atoms with Crippen molar-refractivity contribution in [2.24, 2.45) is 0 Å². The predicted molar refractivity (Wildman–Crippen MR) is 78.1 cm³/mol. The molecule has 0 aliphatic carbocycles. The van der Waals surface area contributed by atoms with Gasteiger partial charge in [-0.05, 0) is 51.4 Å². The van der Waals surface area contributed by atoms with Crippen LogP contribution in [-0.4, -0.2) is 23.1 Å². The third kappa shape index (κ3) is 2.20. The highest BCUT2D eigenvalue weighted by Gasteiger charge is 2.18. The van der Waals surface area contributed by atoms with Crippen molar-refractivity contribution < 1.29 is 9.52 Å². The highest BCUT2D eigenvalue weighted by Crippen LogP contribution is 2.32. The first-order valence-electron chi connectivity index (χ1n) is 7.04. The van der Waals surface area contributed by atoms with Crippen LogP contribution in [0.5, 0.6) is 5.75 Å². The minimum atomic E-state index is -0.371. The van der Waals surface area contributed by atoms with Gasteiger partial charge in [0, 0.05) is 29.1 Å². The van der Waals surface area contributed by atoms with Crippen molar-refractivity contribution in [3.63, 3.8) is 0 Å². The number of likely N-dealkylation sites (tertiary alicyclic amines) is 1. The van der Waals surface area contributed by atoms with Crippen LogP contribution in [0.15, 0.2) is 21.3 Å². The maximum atomic E-state index is 11.5. The van der Waals surface area contributed by atoms with E-state index in [2.05, 4.69) is 4.90 Å². The Balaban J connectivity index is 2.13. The number of fused-ring (bicyclic) bond motifs is 1. The normalized spacial score (nSPS) is 16.1. The van der Waals surface area contributed by atoms with E-state index in [1.165, 1.54) is 18.9 Å². The molecule has 0 atom stereocenters. The number of hydrogen-bond donors (Lipinski definition) is 1. The third-order valence-corrected chi connectivity index (χ3v) is 4.12. The van der Waals surface area contributed by atoms with Crippen LogP contribution in [0, 0.1) is 13.8 Å². The number of phenols is 1. The molecule has 1 fully saturated rings. The Bertz CT molecular complexity index is 712. The molecule has 2 heterocycles. The summed E-state index contributed by atoms with van der Waals surface area (Å²) in [4.78, 5) is 13.8. The van der Waals surface area contributed by atoms with Crippen LogP contribution in [0.2, 0.25) is 0 Å². The first kappa shape index (κ1) is 13.2. The van der Waals surface area contributed by atoms with E-state index >= 15 is 0 Å². The number of aryl methyl sites for hydroxylation is 2. The molecule has 0 saturated carbocycles. The summed E-state index contributed by atoms with van der Waals surface area (Å²) in [5.41, 5.74) is 2.58. The van der Waals surface area contributed by atoms with Crippen molar-refractivity contribution in [1.29, 1.82) is 0 Å². The minimum absolute atomic E-state index is 0.248. The van der Waals surface area contributed by atoms with Gasteiger partial charge in [-0.15, -0.1) is 0 Å². The summed E-state index contributed by atoms with van der Waals surface area (Å²) in [6.45, 7) is 6.61. The number of nitrogens with zero attached hydrogens (tertiary/aromatic N) is 1. The van der Waals surface area contributed by atoms with Gasteiger partial charge < -0.3 is 9.52 Å². The van der Waals surface area contributed by atoms with Crippen molar-refractivity contribution in [1.82, 2.24) is 4.90 Å². The average molecular weight is 273 g/mol. The van der Waals surface area contributed by atoms with E-state index in [4.69, 9.17) is 4.42 Å². The first-order valence-corrected chi connectivity index (χ1v) is 7.04. The van der Waals surface area contributed by atoms with Crippen LogP contribution in [0.1, 0.15) is 29.5 Å². The number of aromatic hydroxyl groups is 1. The van der Waals surface area contributed by atoms with Crippen molar-refractivity contribution >= 4 is 11.0 Å². The van der Waals surface area contributed by atoms with E-state index in [0.717, 1.165) is 36.1 Å². The standard InChI is InChI=1S/C16H19NO3/c1-10-7-14(18)20-16-11(2)15(19)12(8-13(10)16)9-17-5-3-4-6-17/h7-8,19H,3-6,9H2,1-2H3. The zero-order chi connectivity index (χ0) is 14.3. The van der Waals surface area contributed by atoms with Crippen molar-refractivity contribution in [3.8, 4) is 5.75 Å². The number of hydrogen-bond acceptors (Lipinski definition) is 4. The van der Waals surface area contributed by atoms with Crippen LogP contribution < -0.4 is 5.63 Å². The lowest BCUT2D eigenvalue weighted by Crippen LogP contribution is -2.18. The van der Waals surface area contributed by atoms with Gasteiger partial charge in [-0.1, -0.05) is 0 Å². The second-order valence-corrected chi connectivity index (χ2v) is 5.62. The van der Waals surface area contributed by atoms with E-state index < -0.39 is 0 Å². The molecule has 4 heteroatoms. The van der Waals surface area contributed by atoms with Gasteiger partial charge in [-0.25, -0.2) is 4.79 Å². The first-order chi connectivity index (χ1) is 9.56. The molecule has 0 unspecified atom stereocenters. The molecule has 1 aliphatic rings. The molecule has 1 N–H and O–H groups in total. The predicted octanol–water partition coefficient (Wildman–Crippen LogP) is 2.71. The molecule has 4 nitrogen and oxygen atoms in total. The maximum Gasteiger partial charge on any atom is 0.336 e. The fraction of sp³-hybridized carbons (Fsp3) is 0.438. The number of benzene rings is 1. The number of phenolic OH excluding ortho intramolecular Hbond substituents is 1. The van der Waals surface area contributed by atoms with Gasteiger partial charge in [0.15, 0.2) is 0 Å². The quantitative estimate of drug-likeness (QED) is 0.855. The van der Waals surface area contributed by atoms with Gasteiger partial charge in [-0.3, -0.25) is 4.90 Å². The summed E-state index contributed by atoms with van der Waals surface area (Å²) in [5.74, 6) is 0.248. The van der Waals surface area contributed by atoms with E-state index in [0.29, 0.717) is 11.1 Å². The molecule has 106 valence electrons. The van der Waals surface area contributed by atoms with Gasteiger partial charge in [0.05, 0.1) is 0 Å². The lowest BCUT2D eigenvalue weighted by Gasteiger charge is -2.17. The Morgan fingerprint density at radius 1 is 1.25 bits per heavy atom. The minimum Gasteiger partial charge on any atom is -0.507 e. The Labute approximate surface area is 117 Å². The lowest BCUT2D eigenvalue weighted by molar-refractivity contribution is 0.324. The van der Waals surface area contributed by atoms with Crippen molar-refractivity contribution in [3.05, 3.63) is 39.2 Å². The van der Waals surface area contributed by atoms with Gasteiger partial charge in [0.2, 0.25) is 0 Å². The van der Waals surface area contributed by atoms with E-state index in [-0.39, 0.29) is 11.4 Å². The zero-order valence-electron chi connectivity index (χ0n) is 11.9. The molecule has 1 aliphatic heterocycles. The summed E-state index contributed by atoms with van der Waals surface area (Å²) >= 11 is 0. The lowest BCUT2D eigenvalue weighted by atomic mass is 10.0. The molecule has 1 aromatic heterocycles. The summed E-state index contributed by atoms with van der Waals surface area (Å²) in [7, 11) is 0. The second kappa shape index (κ2) is 4.94. The van der Waals surface area contributed by atoms with Gasteiger partial charge >= 0.3 is 5.63 Å². The van der Waals surface area contributed by atoms with Crippen LogP contribution in [0.4, 0.5) is 0 Å². The Kier molecular flexibility index (Phi) is 3.26. The van der Waals surface area contributed by atoms with Gasteiger partial charge in [-0.2, -0.15) is 0 Å². The molecule has 1 saturated heterocycles. The fourth-order valence-corrected chi connectivity index (χ4v) is 2.97. The molecule has 20 heavy (non-hydrogen) atoms. The molecule has 0 spiro atoms. The maximum absolute atomic E-state index is 11.5. The summed E-state index contributed by atoms with van der Waals surface area (Å²) in [6, 6.07) is 3.45. The fourth-order valence-electron chi connectivity index (χ4n) is 2.97. The Hall–Kier alpha value is -1.81. The van der Waals surface area contributed by atoms with Crippen molar-refractivity contribution in [2.75, 3.05) is 13.1 Å². The van der Waals surface area contributed by atoms with E-state index in [1.54, 1.807) is 6.92 Å². The Morgan fingerprint density at radius 3 is 2.65 bits per heavy atom. The summed E-state index contributed by atoms with van der Waals surface area (Å²) in [5, 5.41) is 11.3. The monoisotopic (exact) mass is 273 g/mol. The van der Waals surface area contributed by atoms with Crippen LogP contribution in [0.25, 0.3) is 11.0 Å². The topological polar surface area (TPSA) is 53.7 Å². The van der Waals surface area contributed by atoms with Crippen molar-refractivity contribution in [2.45, 2.75) is 33.2 Å². The largest absolute Gasteiger partial charge is 0.507 e. The second-order valence-electron chi connectivity index (χ2n) is 5.62. The SMILES string of the molecule is Cc1cc(=O)oc2c(C)c(O)c(CN3CCCC3)cc12. The highest BCUT2D eigenvalue weighted by atomic mass is 16.4. The van der Waals surface area contributed by atoms with Crippen LogP contribution >= 0.6 is 0 Å². The summed E-state index contributed by atoms with van der Waals surface area (Å²) in [6.07, 6.45) is 2.45. The molecule has 0 amide bonds.